The Labute approximate surface area is 91.3 Å². The van der Waals surface area contributed by atoms with Crippen molar-refractivity contribution in [1.29, 1.82) is 0 Å². The molecule has 0 aliphatic carbocycles. The zero-order valence-electron chi connectivity index (χ0n) is 9.62. The fourth-order valence-electron chi connectivity index (χ4n) is 1.95. The maximum atomic E-state index is 11.1. The Hall–Kier alpha value is -0.610. The van der Waals surface area contributed by atoms with Gasteiger partial charge in [-0.25, -0.2) is 0 Å². The SMILES string of the molecule is CCOC(=O)CNCC1CCOC1CC. The van der Waals surface area contributed by atoms with Crippen LogP contribution in [0.5, 0.6) is 0 Å². The Balaban J connectivity index is 2.11. The van der Waals surface area contributed by atoms with Gasteiger partial charge in [-0.1, -0.05) is 6.92 Å². The number of rotatable bonds is 6. The summed E-state index contributed by atoms with van der Waals surface area (Å²) in [5.74, 6) is 0.369. The van der Waals surface area contributed by atoms with E-state index in [0.29, 0.717) is 25.2 Å². The van der Waals surface area contributed by atoms with E-state index in [1.54, 1.807) is 0 Å². The van der Waals surface area contributed by atoms with Crippen LogP contribution in [-0.4, -0.2) is 38.4 Å². The maximum absolute atomic E-state index is 11.1. The molecule has 0 aromatic rings. The van der Waals surface area contributed by atoms with Gasteiger partial charge in [0.05, 0.1) is 19.3 Å². The summed E-state index contributed by atoms with van der Waals surface area (Å²) in [5.41, 5.74) is 0. The molecule has 88 valence electrons. The van der Waals surface area contributed by atoms with Crippen LogP contribution in [0.25, 0.3) is 0 Å². The molecule has 2 unspecified atom stereocenters. The third-order valence-electron chi connectivity index (χ3n) is 2.73. The molecule has 0 spiro atoms. The molecule has 1 N–H and O–H groups in total. The first-order valence-corrected chi connectivity index (χ1v) is 5.75. The third kappa shape index (κ3) is 4.18. The summed E-state index contributed by atoms with van der Waals surface area (Å²) in [6.45, 7) is 6.40. The van der Waals surface area contributed by atoms with E-state index in [9.17, 15) is 4.79 Å². The molecule has 2 atom stereocenters. The number of carbonyl (C=O) groups excluding carboxylic acids is 1. The summed E-state index contributed by atoms with van der Waals surface area (Å²) in [4.78, 5) is 11.1. The highest BCUT2D eigenvalue weighted by Gasteiger charge is 2.26. The lowest BCUT2D eigenvalue weighted by atomic mass is 10.00. The van der Waals surface area contributed by atoms with Crippen LogP contribution < -0.4 is 5.32 Å². The minimum Gasteiger partial charge on any atom is -0.465 e. The number of esters is 1. The minimum absolute atomic E-state index is 0.176. The lowest BCUT2D eigenvalue weighted by molar-refractivity contribution is -0.142. The molecule has 4 heteroatoms. The summed E-state index contributed by atoms with van der Waals surface area (Å²) in [5, 5.41) is 3.12. The molecular formula is C11H21NO3. The number of hydrogen-bond acceptors (Lipinski definition) is 4. The molecule has 4 nitrogen and oxygen atoms in total. The summed E-state index contributed by atoms with van der Waals surface area (Å²) >= 11 is 0. The van der Waals surface area contributed by atoms with E-state index in [2.05, 4.69) is 12.2 Å². The molecule has 0 bridgehead atoms. The second kappa shape index (κ2) is 6.80. The molecule has 15 heavy (non-hydrogen) atoms. The molecule has 1 heterocycles. The highest BCUT2D eigenvalue weighted by atomic mass is 16.5. The van der Waals surface area contributed by atoms with Gasteiger partial charge in [-0.3, -0.25) is 4.79 Å². The van der Waals surface area contributed by atoms with E-state index in [1.165, 1.54) is 0 Å². The van der Waals surface area contributed by atoms with Gasteiger partial charge >= 0.3 is 5.97 Å². The molecule has 1 aliphatic rings. The predicted molar refractivity (Wildman–Crippen MR) is 57.6 cm³/mol. The average molecular weight is 215 g/mol. The van der Waals surface area contributed by atoms with E-state index in [1.807, 2.05) is 6.92 Å². The monoisotopic (exact) mass is 215 g/mol. The van der Waals surface area contributed by atoms with Crippen molar-refractivity contribution in [3.05, 3.63) is 0 Å². The van der Waals surface area contributed by atoms with Crippen LogP contribution in [0, 0.1) is 5.92 Å². The maximum Gasteiger partial charge on any atom is 0.319 e. The number of carbonyl (C=O) groups is 1. The first-order valence-electron chi connectivity index (χ1n) is 5.75. The number of nitrogens with one attached hydrogen (secondary N) is 1. The third-order valence-corrected chi connectivity index (χ3v) is 2.73. The fourth-order valence-corrected chi connectivity index (χ4v) is 1.95. The average Bonchev–Trinajstić information content (AvgIpc) is 2.66. The van der Waals surface area contributed by atoms with Crippen molar-refractivity contribution in [3.8, 4) is 0 Å². The van der Waals surface area contributed by atoms with E-state index < -0.39 is 0 Å². The Morgan fingerprint density at radius 3 is 3.00 bits per heavy atom. The van der Waals surface area contributed by atoms with Gasteiger partial charge in [-0.15, -0.1) is 0 Å². The van der Waals surface area contributed by atoms with Gasteiger partial charge in [-0.05, 0) is 25.7 Å². The van der Waals surface area contributed by atoms with Crippen molar-refractivity contribution < 1.29 is 14.3 Å². The normalized spacial score (nSPS) is 25.5. The first-order chi connectivity index (χ1) is 7.27. The van der Waals surface area contributed by atoms with Gasteiger partial charge in [-0.2, -0.15) is 0 Å². The van der Waals surface area contributed by atoms with Gasteiger partial charge in [0.1, 0.15) is 0 Å². The molecule has 0 saturated carbocycles. The largest absolute Gasteiger partial charge is 0.465 e. The van der Waals surface area contributed by atoms with Crippen molar-refractivity contribution in [2.45, 2.75) is 32.8 Å². The molecule has 0 aromatic carbocycles. The van der Waals surface area contributed by atoms with Crippen molar-refractivity contribution in [3.63, 3.8) is 0 Å². The molecule has 0 amide bonds. The van der Waals surface area contributed by atoms with E-state index in [0.717, 1.165) is 26.0 Å². The van der Waals surface area contributed by atoms with Crippen LogP contribution in [0.4, 0.5) is 0 Å². The first kappa shape index (κ1) is 12.5. The zero-order chi connectivity index (χ0) is 11.1. The second-order valence-corrected chi connectivity index (χ2v) is 3.80. The summed E-state index contributed by atoms with van der Waals surface area (Å²) in [6, 6.07) is 0. The summed E-state index contributed by atoms with van der Waals surface area (Å²) in [7, 11) is 0. The molecule has 0 radical (unpaired) electrons. The Kier molecular flexibility index (Phi) is 5.65. The zero-order valence-corrected chi connectivity index (χ0v) is 9.62. The standard InChI is InChI=1S/C11H21NO3/c1-3-10-9(5-6-15-10)7-12-8-11(13)14-4-2/h9-10,12H,3-8H2,1-2H3. The Morgan fingerprint density at radius 2 is 2.33 bits per heavy atom. The Bertz CT molecular complexity index is 196. The van der Waals surface area contributed by atoms with Gasteiger partial charge in [0.25, 0.3) is 0 Å². The highest BCUT2D eigenvalue weighted by Crippen LogP contribution is 2.22. The quantitative estimate of drug-likeness (QED) is 0.670. The molecule has 0 aromatic heterocycles. The van der Waals surface area contributed by atoms with Crippen LogP contribution in [0.2, 0.25) is 0 Å². The van der Waals surface area contributed by atoms with Crippen molar-refractivity contribution >= 4 is 5.97 Å². The van der Waals surface area contributed by atoms with E-state index in [-0.39, 0.29) is 5.97 Å². The van der Waals surface area contributed by atoms with Crippen molar-refractivity contribution in [2.75, 3.05) is 26.3 Å². The molecule has 1 rings (SSSR count). The lowest BCUT2D eigenvalue weighted by Crippen LogP contribution is -2.32. The van der Waals surface area contributed by atoms with Crippen LogP contribution >= 0.6 is 0 Å². The molecule has 1 saturated heterocycles. The van der Waals surface area contributed by atoms with Crippen molar-refractivity contribution in [1.82, 2.24) is 5.32 Å². The summed E-state index contributed by atoms with van der Waals surface area (Å²) < 4.78 is 10.4. The highest BCUT2D eigenvalue weighted by molar-refractivity contribution is 5.71. The lowest BCUT2D eigenvalue weighted by Gasteiger charge is -2.16. The van der Waals surface area contributed by atoms with Gasteiger partial charge in [0.2, 0.25) is 0 Å². The van der Waals surface area contributed by atoms with Gasteiger partial charge in [0.15, 0.2) is 0 Å². The number of hydrogen-bond donors (Lipinski definition) is 1. The van der Waals surface area contributed by atoms with Crippen LogP contribution in [0.15, 0.2) is 0 Å². The van der Waals surface area contributed by atoms with Gasteiger partial charge in [0, 0.05) is 13.2 Å². The topological polar surface area (TPSA) is 47.6 Å². The minimum atomic E-state index is -0.176. The summed E-state index contributed by atoms with van der Waals surface area (Å²) in [6.07, 6.45) is 2.50. The Morgan fingerprint density at radius 1 is 1.53 bits per heavy atom. The van der Waals surface area contributed by atoms with Crippen LogP contribution in [-0.2, 0) is 14.3 Å². The second-order valence-electron chi connectivity index (χ2n) is 3.80. The molecule has 1 fully saturated rings. The predicted octanol–water partition coefficient (Wildman–Crippen LogP) is 0.954. The van der Waals surface area contributed by atoms with Crippen LogP contribution in [0.1, 0.15) is 26.7 Å². The smallest absolute Gasteiger partial charge is 0.319 e. The van der Waals surface area contributed by atoms with E-state index in [4.69, 9.17) is 9.47 Å². The molecular weight excluding hydrogens is 194 g/mol. The van der Waals surface area contributed by atoms with Gasteiger partial charge < -0.3 is 14.8 Å². The number of ether oxygens (including phenoxy) is 2. The molecule has 1 aliphatic heterocycles. The fraction of sp³-hybridized carbons (Fsp3) is 0.909. The van der Waals surface area contributed by atoms with Crippen LogP contribution in [0.3, 0.4) is 0 Å². The van der Waals surface area contributed by atoms with E-state index >= 15 is 0 Å². The van der Waals surface area contributed by atoms with Crippen molar-refractivity contribution in [2.24, 2.45) is 5.92 Å².